The van der Waals surface area contributed by atoms with Gasteiger partial charge in [0.15, 0.2) is 0 Å². The van der Waals surface area contributed by atoms with E-state index in [0.717, 1.165) is 25.9 Å². The van der Waals surface area contributed by atoms with Crippen LogP contribution in [0.3, 0.4) is 0 Å². The van der Waals surface area contributed by atoms with Crippen molar-refractivity contribution in [3.63, 3.8) is 0 Å². The molecule has 1 aliphatic rings. The molecule has 3 nitrogen and oxygen atoms in total. The van der Waals surface area contributed by atoms with Crippen LogP contribution in [0, 0.1) is 17.7 Å². The number of halogens is 3. The van der Waals surface area contributed by atoms with Crippen molar-refractivity contribution in [3.05, 3.63) is 33.6 Å². The number of amides is 1. The van der Waals surface area contributed by atoms with Gasteiger partial charge in [0.25, 0.3) is 0 Å². The third-order valence-corrected chi connectivity index (χ3v) is 5.20. The molecule has 2 N–H and O–H groups in total. The molecule has 0 saturated carbocycles. The van der Waals surface area contributed by atoms with Gasteiger partial charge >= 0.3 is 0 Å². The van der Waals surface area contributed by atoms with E-state index in [9.17, 15) is 9.18 Å². The molecule has 1 aromatic rings. The van der Waals surface area contributed by atoms with Crippen LogP contribution in [0.5, 0.6) is 0 Å². The van der Waals surface area contributed by atoms with Crippen molar-refractivity contribution in [2.45, 2.75) is 39.2 Å². The maximum Gasteiger partial charge on any atom is 0.220 e. The number of benzene rings is 1. The Morgan fingerprint density at radius 1 is 1.30 bits per heavy atom. The van der Waals surface area contributed by atoms with Gasteiger partial charge in [-0.25, -0.2) is 4.39 Å². The SMILES string of the molecule is CC(NC(=O)CC(C)C1CCNCC1)c1cc(F)c(Cl)cc1Cl. The summed E-state index contributed by atoms with van der Waals surface area (Å²) in [5.74, 6) is 0.348. The summed E-state index contributed by atoms with van der Waals surface area (Å²) in [6.45, 7) is 5.95. The molecule has 2 unspecified atom stereocenters. The van der Waals surface area contributed by atoms with E-state index in [1.807, 2.05) is 0 Å². The highest BCUT2D eigenvalue weighted by Gasteiger charge is 2.23. The lowest BCUT2D eigenvalue weighted by Crippen LogP contribution is -2.34. The van der Waals surface area contributed by atoms with Crippen LogP contribution < -0.4 is 10.6 Å². The van der Waals surface area contributed by atoms with E-state index in [1.165, 1.54) is 12.1 Å². The van der Waals surface area contributed by atoms with Gasteiger partial charge in [0.2, 0.25) is 5.91 Å². The van der Waals surface area contributed by atoms with E-state index in [4.69, 9.17) is 23.2 Å². The van der Waals surface area contributed by atoms with Crippen molar-refractivity contribution in [1.29, 1.82) is 0 Å². The molecule has 2 atom stereocenters. The van der Waals surface area contributed by atoms with E-state index < -0.39 is 5.82 Å². The minimum absolute atomic E-state index is 0.0168. The first kappa shape index (κ1) is 18.5. The van der Waals surface area contributed by atoms with Gasteiger partial charge in [-0.2, -0.15) is 0 Å². The van der Waals surface area contributed by atoms with Crippen LogP contribution in [0.2, 0.25) is 10.0 Å². The van der Waals surface area contributed by atoms with E-state index in [1.54, 1.807) is 6.92 Å². The zero-order valence-electron chi connectivity index (χ0n) is 13.5. The van der Waals surface area contributed by atoms with Gasteiger partial charge in [0, 0.05) is 11.4 Å². The number of carbonyl (C=O) groups excluding carboxylic acids is 1. The van der Waals surface area contributed by atoms with Crippen molar-refractivity contribution < 1.29 is 9.18 Å². The van der Waals surface area contributed by atoms with E-state index in [2.05, 4.69) is 17.6 Å². The largest absolute Gasteiger partial charge is 0.350 e. The van der Waals surface area contributed by atoms with Crippen molar-refractivity contribution in [2.75, 3.05) is 13.1 Å². The quantitative estimate of drug-likeness (QED) is 0.767. The van der Waals surface area contributed by atoms with Gasteiger partial charge in [-0.05, 0) is 62.4 Å². The normalized spacial score (nSPS) is 18.5. The standard InChI is InChI=1S/C17H23Cl2FN2O/c1-10(12-3-5-21-6-4-12)7-17(23)22-11(2)13-8-16(20)15(19)9-14(13)18/h8-12,21H,3-7H2,1-2H3,(H,22,23). The van der Waals surface area contributed by atoms with E-state index >= 15 is 0 Å². The smallest absolute Gasteiger partial charge is 0.220 e. The van der Waals surface area contributed by atoms with E-state index in [0.29, 0.717) is 28.8 Å². The number of carbonyl (C=O) groups is 1. The maximum atomic E-state index is 13.6. The zero-order chi connectivity index (χ0) is 17.0. The molecule has 1 aliphatic heterocycles. The Morgan fingerprint density at radius 2 is 1.96 bits per heavy atom. The number of hydrogen-bond acceptors (Lipinski definition) is 2. The van der Waals surface area contributed by atoms with Crippen LogP contribution >= 0.6 is 23.2 Å². The third-order valence-electron chi connectivity index (χ3n) is 4.58. The second-order valence-electron chi connectivity index (χ2n) is 6.35. The molecule has 0 aliphatic carbocycles. The van der Waals surface area contributed by atoms with Crippen molar-refractivity contribution >= 4 is 29.1 Å². The summed E-state index contributed by atoms with van der Waals surface area (Å²) in [5.41, 5.74) is 0.538. The second kappa shape index (κ2) is 8.32. The summed E-state index contributed by atoms with van der Waals surface area (Å²) in [4.78, 5) is 12.3. The fraction of sp³-hybridized carbons (Fsp3) is 0.588. The Bertz CT molecular complexity index is 562. The van der Waals surface area contributed by atoms with E-state index in [-0.39, 0.29) is 17.0 Å². The lowest BCUT2D eigenvalue weighted by atomic mass is 9.84. The summed E-state index contributed by atoms with van der Waals surface area (Å²) in [7, 11) is 0. The molecule has 1 heterocycles. The molecule has 1 saturated heterocycles. The summed E-state index contributed by atoms with van der Waals surface area (Å²) >= 11 is 11.8. The molecule has 1 aromatic carbocycles. The Labute approximate surface area is 146 Å². The molecule has 6 heteroatoms. The van der Waals surface area contributed by atoms with Crippen molar-refractivity contribution in [2.24, 2.45) is 11.8 Å². The van der Waals surface area contributed by atoms with Gasteiger partial charge in [-0.1, -0.05) is 30.1 Å². The Morgan fingerprint density at radius 3 is 2.61 bits per heavy atom. The molecule has 1 fully saturated rings. The average Bonchev–Trinajstić information content (AvgIpc) is 2.51. The summed E-state index contributed by atoms with van der Waals surface area (Å²) in [6, 6.07) is 2.29. The number of nitrogens with one attached hydrogen (secondary N) is 2. The highest BCUT2D eigenvalue weighted by Crippen LogP contribution is 2.29. The molecule has 0 radical (unpaired) electrons. The lowest BCUT2D eigenvalue weighted by molar-refractivity contribution is -0.123. The summed E-state index contributed by atoms with van der Waals surface area (Å²) in [6.07, 6.45) is 2.69. The minimum atomic E-state index is -0.532. The highest BCUT2D eigenvalue weighted by atomic mass is 35.5. The number of piperidine rings is 1. The predicted molar refractivity (Wildman–Crippen MR) is 92.4 cm³/mol. The molecule has 0 aromatic heterocycles. The van der Waals surface area contributed by atoms with Crippen molar-refractivity contribution in [1.82, 2.24) is 10.6 Å². The molecular weight excluding hydrogens is 338 g/mol. The van der Waals surface area contributed by atoms with Crippen LogP contribution in [0.25, 0.3) is 0 Å². The third kappa shape index (κ3) is 5.07. The molecule has 0 spiro atoms. The molecule has 23 heavy (non-hydrogen) atoms. The first-order valence-corrected chi connectivity index (χ1v) is 8.78. The van der Waals surface area contributed by atoms with Gasteiger partial charge in [0.1, 0.15) is 5.82 Å². The van der Waals surface area contributed by atoms with Crippen LogP contribution in [0.15, 0.2) is 12.1 Å². The summed E-state index contributed by atoms with van der Waals surface area (Å²) in [5, 5.41) is 6.58. The Balaban J connectivity index is 1.93. The monoisotopic (exact) mass is 360 g/mol. The topological polar surface area (TPSA) is 41.1 Å². The zero-order valence-corrected chi connectivity index (χ0v) is 15.0. The second-order valence-corrected chi connectivity index (χ2v) is 7.16. The molecule has 1 amide bonds. The van der Waals surface area contributed by atoms with Crippen LogP contribution in [0.4, 0.5) is 4.39 Å². The Kier molecular flexibility index (Phi) is 6.69. The minimum Gasteiger partial charge on any atom is -0.350 e. The molecule has 0 bridgehead atoms. The molecule has 128 valence electrons. The maximum absolute atomic E-state index is 13.6. The summed E-state index contributed by atoms with van der Waals surface area (Å²) < 4.78 is 13.6. The Hall–Kier alpha value is -0.840. The van der Waals surface area contributed by atoms with Crippen LogP contribution in [-0.4, -0.2) is 19.0 Å². The fourth-order valence-corrected chi connectivity index (χ4v) is 3.67. The lowest BCUT2D eigenvalue weighted by Gasteiger charge is -2.28. The average molecular weight is 361 g/mol. The highest BCUT2D eigenvalue weighted by molar-refractivity contribution is 6.35. The van der Waals surface area contributed by atoms with Crippen LogP contribution in [0.1, 0.15) is 44.7 Å². The number of rotatable bonds is 5. The first-order valence-electron chi connectivity index (χ1n) is 8.03. The van der Waals surface area contributed by atoms with Gasteiger partial charge < -0.3 is 10.6 Å². The number of hydrogen-bond donors (Lipinski definition) is 2. The van der Waals surface area contributed by atoms with Gasteiger partial charge in [0.05, 0.1) is 11.1 Å². The fourth-order valence-electron chi connectivity index (χ4n) is 3.12. The van der Waals surface area contributed by atoms with Crippen molar-refractivity contribution in [3.8, 4) is 0 Å². The van der Waals surface area contributed by atoms with Crippen LogP contribution in [-0.2, 0) is 4.79 Å². The first-order chi connectivity index (χ1) is 10.9. The molecular formula is C17H23Cl2FN2O. The predicted octanol–water partition coefficient (Wildman–Crippen LogP) is 4.34. The van der Waals surface area contributed by atoms with Gasteiger partial charge in [-0.15, -0.1) is 0 Å². The van der Waals surface area contributed by atoms with Gasteiger partial charge in [-0.3, -0.25) is 4.79 Å². The molecule has 2 rings (SSSR count).